The molecular formula is C13H18N2O2. The molecule has 1 aliphatic rings. The van der Waals surface area contributed by atoms with E-state index in [0.717, 1.165) is 12.1 Å². The van der Waals surface area contributed by atoms with Gasteiger partial charge in [-0.3, -0.25) is 10.3 Å². The minimum atomic E-state index is -0.777. The maximum absolute atomic E-state index is 12.0. The lowest BCUT2D eigenvalue weighted by atomic mass is 9.92. The van der Waals surface area contributed by atoms with Crippen LogP contribution in [0.2, 0.25) is 0 Å². The van der Waals surface area contributed by atoms with E-state index in [-0.39, 0.29) is 5.97 Å². The monoisotopic (exact) mass is 234 g/mol. The first-order valence-electron chi connectivity index (χ1n) is 5.91. The van der Waals surface area contributed by atoms with Crippen molar-refractivity contribution in [2.45, 2.75) is 25.3 Å². The van der Waals surface area contributed by atoms with Crippen molar-refractivity contribution in [3.63, 3.8) is 0 Å². The normalized spacial score (nSPS) is 18.5. The maximum Gasteiger partial charge on any atom is 0.330 e. The number of aromatic nitrogens is 1. The molecule has 0 aliphatic heterocycles. The highest BCUT2D eigenvalue weighted by molar-refractivity contribution is 5.82. The van der Waals surface area contributed by atoms with Gasteiger partial charge in [-0.05, 0) is 49.9 Å². The summed E-state index contributed by atoms with van der Waals surface area (Å²) in [4.78, 5) is 15.9. The molecule has 1 heterocycles. The number of rotatable bonds is 5. The van der Waals surface area contributed by atoms with E-state index in [1.807, 2.05) is 19.1 Å². The third-order valence-corrected chi connectivity index (χ3v) is 3.29. The van der Waals surface area contributed by atoms with Crippen molar-refractivity contribution in [2.75, 3.05) is 13.7 Å². The number of carbonyl (C=O) groups is 1. The standard InChI is InChI=1S/C13H18N2O2/c1-13(12(16)17-2,15-9-10-3-4-10)11-5-7-14-8-6-11/h5-8,10,15H,3-4,9H2,1-2H3. The van der Waals surface area contributed by atoms with Crippen molar-refractivity contribution < 1.29 is 9.53 Å². The van der Waals surface area contributed by atoms with Gasteiger partial charge >= 0.3 is 5.97 Å². The van der Waals surface area contributed by atoms with Crippen molar-refractivity contribution in [2.24, 2.45) is 5.92 Å². The summed E-state index contributed by atoms with van der Waals surface area (Å²) in [6, 6.07) is 3.69. The molecule has 2 rings (SSSR count). The zero-order valence-electron chi connectivity index (χ0n) is 10.3. The SMILES string of the molecule is COC(=O)C(C)(NCC1CC1)c1ccncc1. The van der Waals surface area contributed by atoms with Crippen LogP contribution in [-0.4, -0.2) is 24.6 Å². The number of pyridine rings is 1. The molecular weight excluding hydrogens is 216 g/mol. The molecule has 1 saturated carbocycles. The molecule has 0 radical (unpaired) electrons. The number of methoxy groups -OCH3 is 1. The van der Waals surface area contributed by atoms with Gasteiger partial charge in [0.2, 0.25) is 0 Å². The highest BCUT2D eigenvalue weighted by Crippen LogP contribution is 2.30. The highest BCUT2D eigenvalue weighted by Gasteiger charge is 2.37. The fraction of sp³-hybridized carbons (Fsp3) is 0.538. The Bertz CT molecular complexity index is 390. The zero-order chi connectivity index (χ0) is 12.3. The number of carbonyl (C=O) groups excluding carboxylic acids is 1. The second kappa shape index (κ2) is 4.84. The molecule has 0 amide bonds. The first kappa shape index (κ1) is 12.0. The third kappa shape index (κ3) is 2.64. The number of nitrogens with zero attached hydrogens (tertiary/aromatic N) is 1. The molecule has 0 saturated heterocycles. The second-order valence-corrected chi connectivity index (χ2v) is 4.68. The highest BCUT2D eigenvalue weighted by atomic mass is 16.5. The van der Waals surface area contributed by atoms with Crippen LogP contribution in [0.4, 0.5) is 0 Å². The molecule has 92 valence electrons. The van der Waals surface area contributed by atoms with Gasteiger partial charge in [0.25, 0.3) is 0 Å². The van der Waals surface area contributed by atoms with Gasteiger partial charge < -0.3 is 4.74 Å². The Morgan fingerprint density at radius 2 is 2.18 bits per heavy atom. The molecule has 1 aromatic rings. The van der Waals surface area contributed by atoms with Gasteiger partial charge in [-0.1, -0.05) is 0 Å². The van der Waals surface area contributed by atoms with Gasteiger partial charge in [0.15, 0.2) is 0 Å². The minimum absolute atomic E-state index is 0.260. The molecule has 4 heteroatoms. The number of esters is 1. The second-order valence-electron chi connectivity index (χ2n) is 4.68. The average Bonchev–Trinajstić information content (AvgIpc) is 3.20. The Morgan fingerprint density at radius 1 is 1.53 bits per heavy atom. The quantitative estimate of drug-likeness (QED) is 0.784. The van der Waals surface area contributed by atoms with Crippen LogP contribution in [0.1, 0.15) is 25.3 Å². The Balaban J connectivity index is 2.18. The summed E-state index contributed by atoms with van der Waals surface area (Å²) in [7, 11) is 1.42. The van der Waals surface area contributed by atoms with Gasteiger partial charge in [-0.15, -0.1) is 0 Å². The van der Waals surface area contributed by atoms with Crippen LogP contribution < -0.4 is 5.32 Å². The van der Waals surface area contributed by atoms with E-state index < -0.39 is 5.54 Å². The summed E-state index contributed by atoms with van der Waals surface area (Å²) in [6.45, 7) is 2.71. The van der Waals surface area contributed by atoms with Crippen molar-refractivity contribution in [1.82, 2.24) is 10.3 Å². The third-order valence-electron chi connectivity index (χ3n) is 3.29. The predicted molar refractivity (Wildman–Crippen MR) is 64.3 cm³/mol. The predicted octanol–water partition coefficient (Wildman–Crippen LogP) is 1.47. The Kier molecular flexibility index (Phi) is 3.43. The largest absolute Gasteiger partial charge is 0.467 e. The smallest absolute Gasteiger partial charge is 0.330 e. The summed E-state index contributed by atoms with van der Waals surface area (Å²) in [5.74, 6) is 0.449. The summed E-state index contributed by atoms with van der Waals surface area (Å²) in [6.07, 6.45) is 5.88. The van der Waals surface area contributed by atoms with Crippen molar-refractivity contribution in [3.8, 4) is 0 Å². The number of ether oxygens (including phenoxy) is 1. The van der Waals surface area contributed by atoms with Gasteiger partial charge in [-0.25, -0.2) is 4.79 Å². The molecule has 4 nitrogen and oxygen atoms in total. The minimum Gasteiger partial charge on any atom is -0.467 e. The van der Waals surface area contributed by atoms with Gasteiger partial charge in [-0.2, -0.15) is 0 Å². The van der Waals surface area contributed by atoms with Gasteiger partial charge in [0, 0.05) is 12.4 Å². The molecule has 1 N–H and O–H groups in total. The molecule has 1 atom stereocenters. The summed E-state index contributed by atoms with van der Waals surface area (Å²) >= 11 is 0. The molecule has 0 spiro atoms. The summed E-state index contributed by atoms with van der Waals surface area (Å²) in [5, 5.41) is 3.32. The maximum atomic E-state index is 12.0. The van der Waals surface area contributed by atoms with Crippen molar-refractivity contribution in [1.29, 1.82) is 0 Å². The number of hydrogen-bond donors (Lipinski definition) is 1. The number of nitrogens with one attached hydrogen (secondary N) is 1. The van der Waals surface area contributed by atoms with Crippen molar-refractivity contribution in [3.05, 3.63) is 30.1 Å². The van der Waals surface area contributed by atoms with Crippen LogP contribution in [0.15, 0.2) is 24.5 Å². The molecule has 1 unspecified atom stereocenters. The van der Waals surface area contributed by atoms with E-state index in [2.05, 4.69) is 10.3 Å². The Morgan fingerprint density at radius 3 is 2.71 bits per heavy atom. The average molecular weight is 234 g/mol. The lowest BCUT2D eigenvalue weighted by Crippen LogP contribution is -2.48. The summed E-state index contributed by atoms with van der Waals surface area (Å²) in [5.41, 5.74) is 0.111. The number of hydrogen-bond acceptors (Lipinski definition) is 4. The Hall–Kier alpha value is -1.42. The van der Waals surface area contributed by atoms with Crippen LogP contribution in [0.5, 0.6) is 0 Å². The molecule has 1 fully saturated rings. The molecule has 17 heavy (non-hydrogen) atoms. The van der Waals surface area contributed by atoms with Gasteiger partial charge in [0.05, 0.1) is 7.11 Å². The van der Waals surface area contributed by atoms with Crippen LogP contribution >= 0.6 is 0 Å². The molecule has 1 aromatic heterocycles. The molecule has 1 aliphatic carbocycles. The van der Waals surface area contributed by atoms with Crippen LogP contribution in [0.3, 0.4) is 0 Å². The van der Waals surface area contributed by atoms with E-state index >= 15 is 0 Å². The zero-order valence-corrected chi connectivity index (χ0v) is 10.3. The lowest BCUT2D eigenvalue weighted by molar-refractivity contribution is -0.148. The first-order valence-corrected chi connectivity index (χ1v) is 5.91. The molecule has 0 bridgehead atoms. The fourth-order valence-electron chi connectivity index (χ4n) is 1.85. The fourth-order valence-corrected chi connectivity index (χ4v) is 1.85. The lowest BCUT2D eigenvalue weighted by Gasteiger charge is -2.28. The van der Waals surface area contributed by atoms with E-state index in [9.17, 15) is 4.79 Å². The van der Waals surface area contributed by atoms with E-state index in [1.54, 1.807) is 12.4 Å². The first-order chi connectivity index (χ1) is 8.16. The van der Waals surface area contributed by atoms with Crippen LogP contribution in [-0.2, 0) is 15.1 Å². The van der Waals surface area contributed by atoms with Crippen LogP contribution in [0, 0.1) is 5.92 Å². The van der Waals surface area contributed by atoms with E-state index in [4.69, 9.17) is 4.74 Å². The molecule has 0 aromatic carbocycles. The van der Waals surface area contributed by atoms with E-state index in [0.29, 0.717) is 5.92 Å². The topological polar surface area (TPSA) is 51.2 Å². The summed E-state index contributed by atoms with van der Waals surface area (Å²) < 4.78 is 4.90. The van der Waals surface area contributed by atoms with Gasteiger partial charge in [0.1, 0.15) is 5.54 Å². The van der Waals surface area contributed by atoms with Crippen molar-refractivity contribution >= 4 is 5.97 Å². The van der Waals surface area contributed by atoms with E-state index in [1.165, 1.54) is 20.0 Å². The Labute approximate surface area is 101 Å². The van der Waals surface area contributed by atoms with Crippen LogP contribution in [0.25, 0.3) is 0 Å².